The Balaban J connectivity index is 2.23. The fraction of sp³-hybridized carbons (Fsp3) is 0.200. The summed E-state index contributed by atoms with van der Waals surface area (Å²) >= 11 is 5.83. The molecule has 19 heavy (non-hydrogen) atoms. The normalized spacial score (nSPS) is 12.4. The molecule has 1 nitrogen and oxygen atoms in total. The number of aliphatic hydroxyl groups excluding tert-OH is 1. The van der Waals surface area contributed by atoms with Gasteiger partial charge in [0.1, 0.15) is 11.6 Å². The van der Waals surface area contributed by atoms with Gasteiger partial charge in [0.05, 0.1) is 6.61 Å². The molecule has 0 fully saturated rings. The Kier molecular flexibility index (Phi) is 4.51. The van der Waals surface area contributed by atoms with Crippen LogP contribution in [0.15, 0.2) is 42.5 Å². The predicted octanol–water partition coefficient (Wildman–Crippen LogP) is 3.94. The maximum atomic E-state index is 13.6. The van der Waals surface area contributed by atoms with E-state index in [2.05, 4.69) is 0 Å². The van der Waals surface area contributed by atoms with E-state index in [4.69, 9.17) is 11.6 Å². The zero-order valence-corrected chi connectivity index (χ0v) is 10.9. The van der Waals surface area contributed by atoms with Gasteiger partial charge in [-0.2, -0.15) is 0 Å². The van der Waals surface area contributed by atoms with Crippen LogP contribution in [0.5, 0.6) is 0 Å². The molecule has 0 aliphatic rings. The van der Waals surface area contributed by atoms with Crippen LogP contribution in [0.4, 0.5) is 8.78 Å². The number of aliphatic hydroxyl groups is 1. The number of hydrogen-bond acceptors (Lipinski definition) is 1. The Morgan fingerprint density at radius 3 is 2.37 bits per heavy atom. The van der Waals surface area contributed by atoms with Gasteiger partial charge in [0, 0.05) is 10.9 Å². The van der Waals surface area contributed by atoms with Crippen molar-refractivity contribution in [3.63, 3.8) is 0 Å². The fourth-order valence-electron chi connectivity index (χ4n) is 1.99. The highest BCUT2D eigenvalue weighted by atomic mass is 35.5. The summed E-state index contributed by atoms with van der Waals surface area (Å²) in [6.07, 6.45) is 0.314. The highest BCUT2D eigenvalue weighted by molar-refractivity contribution is 6.30. The lowest BCUT2D eigenvalue weighted by molar-refractivity contribution is 0.263. The van der Waals surface area contributed by atoms with Gasteiger partial charge in [-0.3, -0.25) is 0 Å². The standard InChI is InChI=1S/C15H13ClF2O/c16-13-3-6-15(18)11(8-13)7-12(9-19)10-1-4-14(17)5-2-10/h1-6,8,12,19H,7,9H2. The molecule has 0 aliphatic carbocycles. The highest BCUT2D eigenvalue weighted by Gasteiger charge is 2.14. The van der Waals surface area contributed by atoms with Gasteiger partial charge < -0.3 is 5.11 Å². The molecule has 2 aromatic rings. The van der Waals surface area contributed by atoms with E-state index >= 15 is 0 Å². The molecule has 0 radical (unpaired) electrons. The minimum Gasteiger partial charge on any atom is -0.396 e. The number of benzene rings is 2. The Bertz CT molecular complexity index is 555. The summed E-state index contributed by atoms with van der Waals surface area (Å²) < 4.78 is 26.5. The topological polar surface area (TPSA) is 20.2 Å². The number of rotatable bonds is 4. The largest absolute Gasteiger partial charge is 0.396 e. The third-order valence-electron chi connectivity index (χ3n) is 3.04. The van der Waals surface area contributed by atoms with E-state index in [0.29, 0.717) is 17.0 Å². The van der Waals surface area contributed by atoms with E-state index in [1.165, 1.54) is 24.3 Å². The van der Waals surface area contributed by atoms with E-state index in [9.17, 15) is 13.9 Å². The molecule has 1 unspecified atom stereocenters. The molecule has 1 atom stereocenters. The van der Waals surface area contributed by atoms with Gasteiger partial charge >= 0.3 is 0 Å². The zero-order chi connectivity index (χ0) is 13.8. The minimum absolute atomic E-state index is 0.141. The Morgan fingerprint density at radius 1 is 1.05 bits per heavy atom. The molecule has 0 saturated carbocycles. The SMILES string of the molecule is OCC(Cc1cc(Cl)ccc1F)c1ccc(F)cc1. The van der Waals surface area contributed by atoms with Crippen LogP contribution in [-0.2, 0) is 6.42 Å². The molecular formula is C15H13ClF2O. The van der Waals surface area contributed by atoms with Crippen LogP contribution in [0.25, 0.3) is 0 Å². The quantitative estimate of drug-likeness (QED) is 0.901. The summed E-state index contributed by atoms with van der Waals surface area (Å²) in [5.41, 5.74) is 1.21. The van der Waals surface area contributed by atoms with Gasteiger partial charge in [0.2, 0.25) is 0 Å². The van der Waals surface area contributed by atoms with Gasteiger partial charge in [0.15, 0.2) is 0 Å². The highest BCUT2D eigenvalue weighted by Crippen LogP contribution is 2.24. The maximum Gasteiger partial charge on any atom is 0.126 e. The summed E-state index contributed by atoms with van der Waals surface area (Å²) in [6, 6.07) is 10.2. The van der Waals surface area contributed by atoms with Gasteiger partial charge in [-0.1, -0.05) is 23.7 Å². The van der Waals surface area contributed by atoms with Crippen molar-refractivity contribution >= 4 is 11.6 Å². The predicted molar refractivity (Wildman–Crippen MR) is 71.3 cm³/mol. The molecule has 0 aliphatic heterocycles. The summed E-state index contributed by atoms with van der Waals surface area (Å²) in [5, 5.41) is 9.87. The lowest BCUT2D eigenvalue weighted by Crippen LogP contribution is -2.09. The monoisotopic (exact) mass is 282 g/mol. The third-order valence-corrected chi connectivity index (χ3v) is 3.27. The molecule has 100 valence electrons. The third kappa shape index (κ3) is 3.52. The van der Waals surface area contributed by atoms with Crippen molar-refractivity contribution in [3.8, 4) is 0 Å². The minimum atomic E-state index is -0.357. The first-order valence-electron chi connectivity index (χ1n) is 5.90. The number of halogens is 3. The lowest BCUT2D eigenvalue weighted by Gasteiger charge is -2.15. The Labute approximate surface area is 115 Å². The lowest BCUT2D eigenvalue weighted by atomic mass is 9.92. The van der Waals surface area contributed by atoms with Crippen molar-refractivity contribution in [2.75, 3.05) is 6.61 Å². The molecule has 0 heterocycles. The first-order valence-corrected chi connectivity index (χ1v) is 6.28. The smallest absolute Gasteiger partial charge is 0.126 e. The van der Waals surface area contributed by atoms with Crippen LogP contribution in [0.3, 0.4) is 0 Å². The van der Waals surface area contributed by atoms with E-state index < -0.39 is 0 Å². The summed E-state index contributed by atoms with van der Waals surface area (Å²) in [4.78, 5) is 0. The van der Waals surface area contributed by atoms with Gasteiger partial charge in [-0.25, -0.2) is 8.78 Å². The van der Waals surface area contributed by atoms with E-state index in [1.807, 2.05) is 0 Å². The summed E-state index contributed by atoms with van der Waals surface area (Å²) in [5.74, 6) is -0.979. The fourth-order valence-corrected chi connectivity index (χ4v) is 2.18. The Morgan fingerprint density at radius 2 is 1.74 bits per heavy atom. The number of hydrogen-bond donors (Lipinski definition) is 1. The van der Waals surface area contributed by atoms with E-state index in [1.54, 1.807) is 18.2 Å². The molecule has 1 N–H and O–H groups in total. The molecule has 0 aromatic heterocycles. The molecule has 2 rings (SSSR count). The van der Waals surface area contributed by atoms with Crippen molar-refractivity contribution in [1.29, 1.82) is 0 Å². The summed E-state index contributed by atoms with van der Waals surface area (Å²) in [6.45, 7) is -0.141. The molecule has 0 spiro atoms. The van der Waals surface area contributed by atoms with Crippen molar-refractivity contribution in [1.82, 2.24) is 0 Å². The van der Waals surface area contributed by atoms with Crippen LogP contribution in [0, 0.1) is 11.6 Å². The average molecular weight is 283 g/mol. The van der Waals surface area contributed by atoms with Crippen molar-refractivity contribution in [2.24, 2.45) is 0 Å². The van der Waals surface area contributed by atoms with E-state index in [0.717, 1.165) is 5.56 Å². The second-order valence-corrected chi connectivity index (χ2v) is 4.81. The van der Waals surface area contributed by atoms with Crippen LogP contribution in [0.1, 0.15) is 17.0 Å². The molecular weight excluding hydrogens is 270 g/mol. The molecule has 4 heteroatoms. The zero-order valence-electron chi connectivity index (χ0n) is 10.1. The molecule has 0 bridgehead atoms. The van der Waals surface area contributed by atoms with Gasteiger partial charge in [0.25, 0.3) is 0 Å². The molecule has 0 amide bonds. The van der Waals surface area contributed by atoms with Crippen molar-refractivity contribution < 1.29 is 13.9 Å². The molecule has 0 saturated heterocycles. The van der Waals surface area contributed by atoms with Crippen LogP contribution < -0.4 is 0 Å². The Hall–Kier alpha value is -1.45. The van der Waals surface area contributed by atoms with Crippen LogP contribution >= 0.6 is 11.6 Å². The van der Waals surface area contributed by atoms with Gasteiger partial charge in [-0.15, -0.1) is 0 Å². The summed E-state index contributed by atoms with van der Waals surface area (Å²) in [7, 11) is 0. The van der Waals surface area contributed by atoms with Crippen LogP contribution in [-0.4, -0.2) is 11.7 Å². The van der Waals surface area contributed by atoms with Gasteiger partial charge in [-0.05, 0) is 47.9 Å². The van der Waals surface area contributed by atoms with Crippen molar-refractivity contribution in [3.05, 3.63) is 70.2 Å². The maximum absolute atomic E-state index is 13.6. The van der Waals surface area contributed by atoms with E-state index in [-0.39, 0.29) is 24.2 Å². The first kappa shape index (κ1) is 14.0. The second kappa shape index (κ2) is 6.13. The average Bonchev–Trinajstić information content (AvgIpc) is 2.41. The molecule has 2 aromatic carbocycles. The first-order chi connectivity index (χ1) is 9.10. The van der Waals surface area contributed by atoms with Crippen molar-refractivity contribution in [2.45, 2.75) is 12.3 Å². The second-order valence-electron chi connectivity index (χ2n) is 4.37. The van der Waals surface area contributed by atoms with Crippen LogP contribution in [0.2, 0.25) is 5.02 Å².